The topological polar surface area (TPSA) is 514 Å². The van der Waals surface area contributed by atoms with Crippen LogP contribution in [-0.2, 0) is 76.3 Å². The second-order valence-corrected chi connectivity index (χ2v) is 28.3. The maximum absolute atomic E-state index is 12.8. The summed E-state index contributed by atoms with van der Waals surface area (Å²) in [5.41, 5.74) is 0. The van der Waals surface area contributed by atoms with Crippen molar-refractivity contribution in [1.82, 2.24) is 0 Å². The van der Waals surface area contributed by atoms with Crippen molar-refractivity contribution in [3.63, 3.8) is 0 Å². The zero-order valence-corrected chi connectivity index (χ0v) is 67.6. The Morgan fingerprint density at radius 3 is 1.16 bits per heavy atom. The third kappa shape index (κ3) is 37.0. The Labute approximate surface area is 661 Å². The van der Waals surface area contributed by atoms with Gasteiger partial charge in [-0.2, -0.15) is 0 Å². The molecule has 0 amide bonds. The summed E-state index contributed by atoms with van der Waals surface area (Å²) in [7, 11) is 0. The highest BCUT2D eigenvalue weighted by Crippen LogP contribution is 2.40. The van der Waals surface area contributed by atoms with Gasteiger partial charge >= 0.3 is 29.8 Å². The van der Waals surface area contributed by atoms with Gasteiger partial charge in [-0.05, 0) is 57.8 Å². The predicted molar refractivity (Wildman–Crippen MR) is 409 cm³/mol. The van der Waals surface area contributed by atoms with E-state index in [0.29, 0.717) is 32.1 Å². The number of carboxylic acids is 2. The van der Waals surface area contributed by atoms with Crippen LogP contribution < -0.4 is 0 Å². The van der Waals surface area contributed by atoms with E-state index in [4.69, 9.17) is 53.2 Å². The number of rotatable bonds is 44. The van der Waals surface area contributed by atoms with Crippen LogP contribution in [0.1, 0.15) is 249 Å². The van der Waals surface area contributed by atoms with E-state index in [-0.39, 0.29) is 117 Å². The van der Waals surface area contributed by atoms with E-state index in [0.717, 1.165) is 103 Å². The number of aliphatic hydroxyl groups excluding tert-OH is 13. The maximum atomic E-state index is 12.8. The molecule has 112 heavy (non-hydrogen) atoms. The van der Waals surface area contributed by atoms with Gasteiger partial charge in [0.15, 0.2) is 12.6 Å². The summed E-state index contributed by atoms with van der Waals surface area (Å²) in [6.45, 7) is 16.3. The van der Waals surface area contributed by atoms with Gasteiger partial charge in [0.25, 0.3) is 0 Å². The minimum atomic E-state index is -1.74. The van der Waals surface area contributed by atoms with E-state index in [2.05, 4.69) is 19.9 Å². The van der Waals surface area contributed by atoms with E-state index in [1.165, 1.54) is 0 Å². The highest BCUT2D eigenvalue weighted by molar-refractivity contribution is 5.86. The van der Waals surface area contributed by atoms with Gasteiger partial charge in [0.05, 0.1) is 51.5 Å². The lowest BCUT2D eigenvalue weighted by atomic mass is 9.88. The van der Waals surface area contributed by atoms with Crippen LogP contribution in [0, 0.1) is 35.5 Å². The summed E-state index contributed by atoms with van der Waals surface area (Å²) >= 11 is 0. The predicted octanol–water partition coefficient (Wildman–Crippen LogP) is 5.85. The Balaban J connectivity index is 0.000000815. The molecule has 3 saturated carbocycles. The van der Waals surface area contributed by atoms with Crippen LogP contribution in [0.3, 0.4) is 0 Å². The molecule has 6 aliphatic rings. The number of allylic oxidation sites excluding steroid dienone is 3. The van der Waals surface area contributed by atoms with Crippen molar-refractivity contribution in [3.8, 4) is 0 Å². The van der Waals surface area contributed by atoms with E-state index in [9.17, 15) is 99.6 Å². The molecule has 3 saturated heterocycles. The molecule has 31 nitrogen and oxygen atoms in total. The van der Waals surface area contributed by atoms with Gasteiger partial charge in [0.1, 0.15) is 103 Å². The summed E-state index contributed by atoms with van der Waals surface area (Å²) in [5, 5.41) is 145. The normalized spacial score (nSPS) is 31.6. The smallest absolute Gasteiger partial charge is 0.308 e. The fraction of sp³-hybridized carbons (Fsp3) is 0.827. The Hall–Kier alpha value is -5.14. The van der Waals surface area contributed by atoms with Crippen molar-refractivity contribution in [2.45, 2.75) is 359 Å². The molecule has 0 radical (unpaired) electrons. The third-order valence-corrected chi connectivity index (χ3v) is 20.1. The largest absolute Gasteiger partial charge is 0.481 e. The van der Waals surface area contributed by atoms with Crippen molar-refractivity contribution in [2.75, 3.05) is 33.0 Å². The van der Waals surface area contributed by atoms with Crippen LogP contribution in [0.25, 0.3) is 0 Å². The lowest BCUT2D eigenvalue weighted by Crippen LogP contribution is -2.59. The van der Waals surface area contributed by atoms with E-state index >= 15 is 0 Å². The van der Waals surface area contributed by atoms with Crippen LogP contribution in [0.2, 0.25) is 0 Å². The first-order valence-electron chi connectivity index (χ1n) is 41.1. The average Bonchev–Trinajstić information content (AvgIpc) is 1.57. The Morgan fingerprint density at radius 1 is 0.384 bits per heavy atom. The number of ketones is 3. The van der Waals surface area contributed by atoms with E-state index in [1.54, 1.807) is 0 Å². The number of carbonyl (C=O) groups is 8. The summed E-state index contributed by atoms with van der Waals surface area (Å²) in [6, 6.07) is 0. The first-order valence-corrected chi connectivity index (χ1v) is 41.1. The quantitative estimate of drug-likeness (QED) is 0.0147. The molecular formula is C81H140O31. The summed E-state index contributed by atoms with van der Waals surface area (Å²) in [6.07, 6.45) is 5.73. The van der Waals surface area contributed by atoms with Crippen molar-refractivity contribution in [3.05, 3.63) is 36.5 Å². The van der Waals surface area contributed by atoms with Gasteiger partial charge in [-0.3, -0.25) is 38.4 Å². The van der Waals surface area contributed by atoms with Gasteiger partial charge in [0, 0.05) is 74.0 Å². The number of hydrogen-bond acceptors (Lipinski definition) is 29. The molecule has 3 aliphatic heterocycles. The number of carbonyl (C=O) groups excluding carboxylic acids is 6. The molecular weight excluding hydrogens is 1470 g/mol. The number of hydrogen-bond donors (Lipinski definition) is 15. The zero-order valence-electron chi connectivity index (χ0n) is 67.6. The molecule has 0 aromatic carbocycles. The number of esters is 3. The van der Waals surface area contributed by atoms with Crippen molar-refractivity contribution >= 4 is 47.2 Å². The van der Waals surface area contributed by atoms with Gasteiger partial charge in [-0.15, -0.1) is 0 Å². The van der Waals surface area contributed by atoms with Gasteiger partial charge in [-0.1, -0.05) is 176 Å². The fourth-order valence-corrected chi connectivity index (χ4v) is 14.0. The molecule has 0 aromatic rings. The summed E-state index contributed by atoms with van der Waals surface area (Å²) in [5.74, 6) is -4.64. The van der Waals surface area contributed by atoms with Crippen molar-refractivity contribution in [2.24, 2.45) is 35.5 Å². The average molecular weight is 1610 g/mol. The molecule has 0 bridgehead atoms. The lowest BCUT2D eigenvalue weighted by Gasteiger charge is -2.41. The molecule has 24 atom stereocenters. The molecule has 3 heterocycles. The summed E-state index contributed by atoms with van der Waals surface area (Å²) in [4.78, 5) is 95.7. The molecule has 31 heteroatoms. The van der Waals surface area contributed by atoms with Crippen LogP contribution >= 0.6 is 0 Å². The lowest BCUT2D eigenvalue weighted by molar-refractivity contribution is -0.312. The second kappa shape index (κ2) is 60.4. The molecule has 6 rings (SSSR count). The van der Waals surface area contributed by atoms with Crippen LogP contribution in [0.4, 0.5) is 0 Å². The number of Topliss-reactive ketones (excluding diaryl/α,β-unsaturated/α-hetero) is 3. The van der Waals surface area contributed by atoms with E-state index in [1.807, 2.05) is 78.8 Å². The number of ether oxygens (including phenoxy) is 8. The van der Waals surface area contributed by atoms with Gasteiger partial charge in [0.2, 0.25) is 6.29 Å². The van der Waals surface area contributed by atoms with Crippen LogP contribution in [-0.4, -0.2) is 267 Å². The van der Waals surface area contributed by atoms with Gasteiger partial charge < -0.3 is 114 Å². The number of carboxylic acid groups (broad SMARTS) is 2. The minimum Gasteiger partial charge on any atom is -0.481 e. The fourth-order valence-electron chi connectivity index (χ4n) is 14.0. The molecule has 3 aliphatic carbocycles. The second-order valence-electron chi connectivity index (χ2n) is 28.3. The standard InChI is InChI=1S/C27H42O12.C25H42O10.C23H38O9.3C2H6/c1-2-3-6-10-17-16(9-7-4-5-8-11-21(30)31)18(29)14-19(17)37-22(32)12-13-23(33)39-27-26(36)25(35)24(34)20(15-28)38-27;1-2-3-6-9-16-17(19(28)14-18(16)27)10-7-4-5-8-11-21(29)33-12-13-34-25-24(32)23(31)22(30)20(15-26)35-25;1-2-3-6-10-15-14(9-7-4-5-8-11-19(26)27)16(25)12-17(15)31-23-22(30)21(29)20(28)18(13-24)32-23;3*1-2/h6,10,16-17,19-20,24-28,34-36H,2-5,7-9,11-15H2,1H3,(H,30,31);6,9,16-18,20,22-27,30-32H,2-5,7-8,10-15H2,1H3;6,10,14-15,17-18,20-24,28-30H,2-5,7-9,11-13H2,1H3,(H,26,27);3*1-2H3/t16?,17?,19?,20-,24-,25+,26-,27?;16?,17?,18?,20-,22-,23+,24-,25?;14?,15?,17?,18-,20-,21+,22-,23?;;;/m111.../s1. The number of aliphatic hydroxyl groups is 13. The summed E-state index contributed by atoms with van der Waals surface area (Å²) < 4.78 is 42.7. The maximum Gasteiger partial charge on any atom is 0.308 e. The highest BCUT2D eigenvalue weighted by atomic mass is 16.7. The molecule has 15 N–H and O–H groups in total. The first kappa shape index (κ1) is 105. The number of unbranched alkanes of at least 4 members (excludes halogenated alkanes) is 12. The Morgan fingerprint density at radius 2 is 0.732 bits per heavy atom. The van der Waals surface area contributed by atoms with Crippen molar-refractivity contribution < 1.29 is 153 Å². The molecule has 0 aromatic heterocycles. The molecule has 12 unspecified atom stereocenters. The van der Waals surface area contributed by atoms with Crippen LogP contribution in [0.15, 0.2) is 36.5 Å². The zero-order chi connectivity index (χ0) is 84.4. The first-order chi connectivity index (χ1) is 53.7. The Bertz CT molecular complexity index is 2690. The third-order valence-electron chi connectivity index (χ3n) is 20.1. The number of aliphatic carboxylic acids is 2. The highest BCUT2D eigenvalue weighted by Gasteiger charge is 2.50. The monoisotopic (exact) mass is 1610 g/mol. The Kier molecular flexibility index (Phi) is 56.5. The van der Waals surface area contributed by atoms with E-state index < -0.39 is 161 Å². The molecule has 650 valence electrons. The molecule has 6 fully saturated rings. The van der Waals surface area contributed by atoms with Crippen molar-refractivity contribution in [1.29, 1.82) is 0 Å². The van der Waals surface area contributed by atoms with Crippen LogP contribution in [0.5, 0.6) is 0 Å². The van der Waals surface area contributed by atoms with Gasteiger partial charge in [-0.25, -0.2) is 0 Å². The molecule has 0 spiro atoms. The SMILES string of the molecule is CC.CC.CC.CCCC=CC1C(O)CC(=O)C1CCCCCCC(=O)OCCOC1O[C@H](CO)[C@@H](O)[C@H](O)[C@H]1O.CCCC=CC1C(OC(=O)CCC(=O)OC2O[C@H](CO)[C@@H](O)[C@H](O)[C@H]2O)CC(=O)C1CCCCCCC(=O)O.CCCC=CC1C(OC2O[C@H](CO)[C@@H](O)[C@H](O)[C@H]2O)CC(=O)C1CCCCCCC(=O)O. The minimum absolute atomic E-state index is 0.00603.